The molecule has 0 aromatic heterocycles. The molecule has 0 fully saturated rings. The van der Waals surface area contributed by atoms with Crippen molar-refractivity contribution in [2.24, 2.45) is 0 Å². The minimum absolute atomic E-state index is 0.185. The molecular formula is C17H18N2O2. The van der Waals surface area contributed by atoms with E-state index in [-0.39, 0.29) is 5.91 Å². The van der Waals surface area contributed by atoms with Gasteiger partial charge in [-0.05, 0) is 48.4 Å². The van der Waals surface area contributed by atoms with Crippen molar-refractivity contribution in [3.05, 3.63) is 59.7 Å². The van der Waals surface area contributed by atoms with Crippen molar-refractivity contribution in [2.75, 3.05) is 18.2 Å². The monoisotopic (exact) mass is 282 g/mol. The zero-order valence-corrected chi connectivity index (χ0v) is 12.1. The van der Waals surface area contributed by atoms with Crippen molar-refractivity contribution in [1.29, 1.82) is 0 Å². The van der Waals surface area contributed by atoms with E-state index in [0.29, 0.717) is 11.4 Å². The lowest BCUT2D eigenvalue weighted by Gasteiger charge is -2.05. The fourth-order valence-corrected chi connectivity index (χ4v) is 1.94. The van der Waals surface area contributed by atoms with Crippen LogP contribution >= 0.6 is 0 Å². The van der Waals surface area contributed by atoms with Gasteiger partial charge in [-0.3, -0.25) is 4.79 Å². The quantitative estimate of drug-likeness (QED) is 0.668. The Bertz CT molecular complexity index is 678. The number of amides is 1. The maximum atomic E-state index is 11.9. The molecule has 21 heavy (non-hydrogen) atoms. The molecule has 2 aromatic rings. The van der Waals surface area contributed by atoms with Gasteiger partial charge in [-0.25, -0.2) is 0 Å². The van der Waals surface area contributed by atoms with Gasteiger partial charge in [0.2, 0.25) is 5.91 Å². The Morgan fingerprint density at radius 3 is 2.71 bits per heavy atom. The van der Waals surface area contributed by atoms with Crippen LogP contribution in [0.5, 0.6) is 5.75 Å². The van der Waals surface area contributed by atoms with Gasteiger partial charge in [0.1, 0.15) is 5.75 Å². The summed E-state index contributed by atoms with van der Waals surface area (Å²) in [5, 5.41) is 2.81. The first kappa shape index (κ1) is 14.7. The summed E-state index contributed by atoms with van der Waals surface area (Å²) in [6.07, 6.45) is 3.19. The molecule has 0 unspecified atom stereocenters. The maximum absolute atomic E-state index is 11.9. The van der Waals surface area contributed by atoms with Crippen LogP contribution in [0.25, 0.3) is 6.08 Å². The van der Waals surface area contributed by atoms with E-state index in [9.17, 15) is 4.79 Å². The Balaban J connectivity index is 2.03. The summed E-state index contributed by atoms with van der Waals surface area (Å²) >= 11 is 0. The average molecular weight is 282 g/mol. The number of anilines is 2. The zero-order valence-electron chi connectivity index (χ0n) is 12.1. The Morgan fingerprint density at radius 1 is 1.24 bits per heavy atom. The van der Waals surface area contributed by atoms with Crippen LogP contribution in [-0.4, -0.2) is 13.0 Å². The number of hydrogen-bond donors (Lipinski definition) is 2. The molecule has 4 heteroatoms. The van der Waals surface area contributed by atoms with Crippen LogP contribution in [-0.2, 0) is 4.79 Å². The van der Waals surface area contributed by atoms with Gasteiger partial charge in [0, 0.05) is 11.8 Å². The van der Waals surface area contributed by atoms with E-state index in [4.69, 9.17) is 10.5 Å². The Labute approximate surface area is 124 Å². The number of nitrogens with two attached hydrogens (primary N) is 1. The van der Waals surface area contributed by atoms with Gasteiger partial charge in [0.25, 0.3) is 0 Å². The third-order valence-corrected chi connectivity index (χ3v) is 2.97. The molecule has 0 aliphatic heterocycles. The molecule has 0 spiro atoms. The highest BCUT2D eigenvalue weighted by atomic mass is 16.5. The summed E-state index contributed by atoms with van der Waals surface area (Å²) in [7, 11) is 1.57. The van der Waals surface area contributed by atoms with Gasteiger partial charge >= 0.3 is 0 Å². The molecule has 0 bridgehead atoms. The topological polar surface area (TPSA) is 64.3 Å². The summed E-state index contributed by atoms with van der Waals surface area (Å²) in [6, 6.07) is 13.0. The number of aryl methyl sites for hydroxylation is 1. The number of benzene rings is 2. The molecule has 0 aliphatic carbocycles. The van der Waals surface area contributed by atoms with Crippen molar-refractivity contribution in [3.8, 4) is 5.75 Å². The third-order valence-electron chi connectivity index (χ3n) is 2.97. The first-order chi connectivity index (χ1) is 10.1. The molecule has 0 saturated heterocycles. The SMILES string of the molecule is COc1ccc(/C=C/C(=O)Nc2cccc(C)c2)cc1N. The number of carbonyl (C=O) groups is 1. The Morgan fingerprint density at radius 2 is 2.05 bits per heavy atom. The number of hydrogen-bond acceptors (Lipinski definition) is 3. The summed E-state index contributed by atoms with van der Waals surface area (Å²) in [5.41, 5.74) is 9.07. The smallest absolute Gasteiger partial charge is 0.248 e. The van der Waals surface area contributed by atoms with Crippen LogP contribution in [0.4, 0.5) is 11.4 Å². The van der Waals surface area contributed by atoms with Gasteiger partial charge in [0.05, 0.1) is 12.8 Å². The van der Waals surface area contributed by atoms with Crippen molar-refractivity contribution in [3.63, 3.8) is 0 Å². The largest absolute Gasteiger partial charge is 0.495 e. The van der Waals surface area contributed by atoms with Crippen molar-refractivity contribution in [2.45, 2.75) is 6.92 Å². The van der Waals surface area contributed by atoms with Gasteiger partial charge in [-0.2, -0.15) is 0 Å². The second kappa shape index (κ2) is 6.61. The molecule has 0 heterocycles. The molecule has 2 rings (SSSR count). The van der Waals surface area contributed by atoms with Crippen LogP contribution in [0.2, 0.25) is 0 Å². The van der Waals surface area contributed by atoms with Crippen LogP contribution in [0.15, 0.2) is 48.5 Å². The van der Waals surface area contributed by atoms with Crippen LogP contribution in [0, 0.1) is 6.92 Å². The Kier molecular flexibility index (Phi) is 4.61. The fourth-order valence-electron chi connectivity index (χ4n) is 1.94. The number of nitrogen functional groups attached to an aromatic ring is 1. The standard InChI is InChI=1S/C17H18N2O2/c1-12-4-3-5-14(10-12)19-17(20)9-7-13-6-8-16(21-2)15(18)11-13/h3-11H,18H2,1-2H3,(H,19,20)/b9-7+. The van der Waals surface area contributed by atoms with E-state index in [1.54, 1.807) is 25.3 Å². The van der Waals surface area contributed by atoms with Crippen LogP contribution < -0.4 is 15.8 Å². The Hall–Kier alpha value is -2.75. The summed E-state index contributed by atoms with van der Waals surface area (Å²) in [5.74, 6) is 0.436. The van der Waals surface area contributed by atoms with Gasteiger partial charge in [-0.1, -0.05) is 18.2 Å². The highest BCUT2D eigenvalue weighted by molar-refractivity contribution is 6.02. The lowest BCUT2D eigenvalue weighted by molar-refractivity contribution is -0.111. The second-order valence-electron chi connectivity index (χ2n) is 4.69. The molecular weight excluding hydrogens is 264 g/mol. The predicted octanol–water partition coefficient (Wildman–Crippen LogP) is 3.24. The predicted molar refractivity (Wildman–Crippen MR) is 86.2 cm³/mol. The maximum Gasteiger partial charge on any atom is 0.248 e. The minimum Gasteiger partial charge on any atom is -0.495 e. The molecule has 0 aliphatic rings. The number of methoxy groups -OCH3 is 1. The molecule has 0 radical (unpaired) electrons. The van der Waals surface area contributed by atoms with E-state index in [1.165, 1.54) is 6.08 Å². The van der Waals surface area contributed by atoms with Crippen molar-refractivity contribution in [1.82, 2.24) is 0 Å². The van der Waals surface area contributed by atoms with Gasteiger partial charge in [-0.15, -0.1) is 0 Å². The van der Waals surface area contributed by atoms with Crippen LogP contribution in [0.1, 0.15) is 11.1 Å². The summed E-state index contributed by atoms with van der Waals surface area (Å²) < 4.78 is 5.09. The molecule has 108 valence electrons. The molecule has 4 nitrogen and oxygen atoms in total. The number of nitrogens with one attached hydrogen (secondary N) is 1. The van der Waals surface area contributed by atoms with E-state index in [0.717, 1.165) is 16.8 Å². The zero-order chi connectivity index (χ0) is 15.2. The normalized spacial score (nSPS) is 10.6. The van der Waals surface area contributed by atoms with E-state index >= 15 is 0 Å². The van der Waals surface area contributed by atoms with Gasteiger partial charge in [0.15, 0.2) is 0 Å². The highest BCUT2D eigenvalue weighted by Crippen LogP contribution is 2.22. The van der Waals surface area contributed by atoms with Crippen molar-refractivity contribution >= 4 is 23.4 Å². The number of ether oxygens (including phenoxy) is 1. The summed E-state index contributed by atoms with van der Waals surface area (Å²) in [6.45, 7) is 1.98. The molecule has 3 N–H and O–H groups in total. The lowest BCUT2D eigenvalue weighted by Crippen LogP contribution is -2.07. The van der Waals surface area contributed by atoms with Crippen molar-refractivity contribution < 1.29 is 9.53 Å². The highest BCUT2D eigenvalue weighted by Gasteiger charge is 2.00. The van der Waals surface area contributed by atoms with Gasteiger partial charge < -0.3 is 15.8 Å². The summed E-state index contributed by atoms with van der Waals surface area (Å²) in [4.78, 5) is 11.9. The molecule has 0 atom stereocenters. The molecule has 1 amide bonds. The van der Waals surface area contributed by atoms with E-state index in [2.05, 4.69) is 5.32 Å². The minimum atomic E-state index is -0.185. The average Bonchev–Trinajstić information content (AvgIpc) is 2.45. The van der Waals surface area contributed by atoms with Crippen LogP contribution in [0.3, 0.4) is 0 Å². The fraction of sp³-hybridized carbons (Fsp3) is 0.118. The number of carbonyl (C=O) groups excluding carboxylic acids is 1. The molecule has 2 aromatic carbocycles. The number of rotatable bonds is 4. The van der Waals surface area contributed by atoms with E-state index in [1.807, 2.05) is 37.3 Å². The second-order valence-corrected chi connectivity index (χ2v) is 4.69. The first-order valence-electron chi connectivity index (χ1n) is 6.58. The molecule has 0 saturated carbocycles. The third kappa shape index (κ3) is 4.11. The van der Waals surface area contributed by atoms with E-state index < -0.39 is 0 Å². The first-order valence-corrected chi connectivity index (χ1v) is 6.58. The lowest BCUT2D eigenvalue weighted by atomic mass is 10.1.